The lowest BCUT2D eigenvalue weighted by molar-refractivity contribution is -0.0469. The monoisotopic (exact) mass is 1380 g/mol. The van der Waals surface area contributed by atoms with Gasteiger partial charge in [-0.25, -0.2) is 9.59 Å². The number of hydrogen-bond acceptors (Lipinski definition) is 12. The van der Waals surface area contributed by atoms with Crippen LogP contribution in [0.4, 0.5) is 9.59 Å². The number of ether oxygens (including phenoxy) is 10. The summed E-state index contributed by atoms with van der Waals surface area (Å²) < 4.78 is 55.4. The molecule has 0 aromatic rings. The standard InChI is InChI=1S/2C37H75NO6.2C3H8.2CH4/c1-4-6-8-10-12-14-16-18-20-22-24-26-29-42-34-36(35-44-37(39)38-28-31-41-33-32-40-3)43-30-27-25-23-21-19-17-15-13-11-9-7-5-2;1-4-6-8-10-12-14-16-18-20-22-24-26-28-42-35-36(34-38-37(39)44-33-32-41-31-30-40-3)43-29-27-25-23-21-19-17-15-13-11-9-7-5-2;2*1-3-2;;/h2*36H,4-35H2,1-3H3,(H,38,39);2*3H2,1-2H3;2*1H4/t36-;;;;;/m1...../s1. The maximum absolute atomic E-state index is 12.1. The van der Waals surface area contributed by atoms with Gasteiger partial charge in [0, 0.05) is 53.7 Å². The molecule has 0 aliphatic carbocycles. The van der Waals surface area contributed by atoms with Gasteiger partial charge >= 0.3 is 12.2 Å². The van der Waals surface area contributed by atoms with Crippen molar-refractivity contribution in [1.29, 1.82) is 0 Å². The Hall–Kier alpha value is -1.78. The molecular weight excluding hydrogens is 1200 g/mol. The molecule has 2 amide bonds. The molecule has 0 aliphatic rings. The van der Waals surface area contributed by atoms with Crippen LogP contribution in [0.2, 0.25) is 0 Å². The normalized spacial score (nSPS) is 11.4. The van der Waals surface area contributed by atoms with Crippen molar-refractivity contribution in [3.63, 3.8) is 0 Å². The van der Waals surface area contributed by atoms with Crippen LogP contribution in [-0.4, -0.2) is 144 Å². The molecular formula is C82H174N2O12. The van der Waals surface area contributed by atoms with E-state index in [4.69, 9.17) is 47.4 Å². The largest absolute Gasteiger partial charge is 0.447 e. The van der Waals surface area contributed by atoms with Crippen LogP contribution in [0.1, 0.15) is 391 Å². The lowest BCUT2D eigenvalue weighted by atomic mass is 10.1. The molecule has 0 fully saturated rings. The number of carbonyl (C=O) groups excluding carboxylic acids is 2. The maximum Gasteiger partial charge on any atom is 0.407 e. The molecule has 2 N–H and O–H groups in total. The van der Waals surface area contributed by atoms with Crippen LogP contribution in [0.25, 0.3) is 0 Å². The third kappa shape index (κ3) is 103. The van der Waals surface area contributed by atoms with E-state index in [0.29, 0.717) is 79.2 Å². The molecule has 96 heavy (non-hydrogen) atoms. The van der Waals surface area contributed by atoms with Gasteiger partial charge in [-0.05, 0) is 25.7 Å². The Bertz CT molecular complexity index is 1230. The lowest BCUT2D eigenvalue weighted by Gasteiger charge is -2.19. The van der Waals surface area contributed by atoms with E-state index in [2.05, 4.69) is 66.0 Å². The highest BCUT2D eigenvalue weighted by molar-refractivity contribution is 5.67. The third-order valence-electron chi connectivity index (χ3n) is 16.3. The first-order valence-corrected chi connectivity index (χ1v) is 40.6. The number of unbranched alkanes of at least 4 members (excludes halogenated alkanes) is 44. The quantitative estimate of drug-likeness (QED) is 0.0558. The summed E-state index contributed by atoms with van der Waals surface area (Å²) in [5, 5.41) is 5.56. The van der Waals surface area contributed by atoms with Crippen molar-refractivity contribution >= 4 is 12.2 Å². The minimum atomic E-state index is -0.444. The summed E-state index contributed by atoms with van der Waals surface area (Å²) in [4.78, 5) is 24.2. The zero-order valence-electron chi connectivity index (χ0n) is 64.7. The van der Waals surface area contributed by atoms with Crippen LogP contribution >= 0.6 is 0 Å². The molecule has 14 nitrogen and oxygen atoms in total. The first-order valence-electron chi connectivity index (χ1n) is 40.6. The molecule has 0 spiro atoms. The average molecular weight is 1380 g/mol. The highest BCUT2D eigenvalue weighted by atomic mass is 16.6. The number of hydrogen-bond donors (Lipinski definition) is 2. The van der Waals surface area contributed by atoms with Gasteiger partial charge in [-0.1, -0.05) is 366 Å². The Morgan fingerprint density at radius 3 is 0.844 bits per heavy atom. The molecule has 0 bridgehead atoms. The van der Waals surface area contributed by atoms with E-state index in [-0.39, 0.29) is 40.3 Å². The van der Waals surface area contributed by atoms with E-state index in [1.165, 1.54) is 295 Å². The number of methoxy groups -OCH3 is 2. The van der Waals surface area contributed by atoms with Crippen LogP contribution in [0.5, 0.6) is 0 Å². The highest BCUT2D eigenvalue weighted by Gasteiger charge is 2.15. The van der Waals surface area contributed by atoms with Gasteiger partial charge in [0.1, 0.15) is 19.3 Å². The molecule has 0 aliphatic heterocycles. The number of amides is 2. The van der Waals surface area contributed by atoms with E-state index in [9.17, 15) is 9.59 Å². The summed E-state index contributed by atoms with van der Waals surface area (Å²) in [5.41, 5.74) is 0. The SMILES string of the molecule is C.C.CCC.CCC.CCCCCCCCCCCCCCOCC(CNC(=O)OCCOCCOC)OCCCCCCCCCCCCCC.CCCCCCCCCCCCCCOC[C@H](COC(=O)NCCOCCOC)OCCCCCCCCCCCCCC. The van der Waals surface area contributed by atoms with Gasteiger partial charge < -0.3 is 58.0 Å². The Morgan fingerprint density at radius 2 is 0.521 bits per heavy atom. The molecule has 0 aromatic heterocycles. The Labute approximate surface area is 600 Å². The topological polar surface area (TPSA) is 150 Å². The Kier molecular flexibility index (Phi) is 112. The number of rotatable bonds is 74. The maximum atomic E-state index is 12.1. The number of nitrogens with one attached hydrogen (secondary N) is 2. The third-order valence-corrected chi connectivity index (χ3v) is 16.3. The smallest absolute Gasteiger partial charge is 0.407 e. The van der Waals surface area contributed by atoms with Gasteiger partial charge in [-0.15, -0.1) is 0 Å². The predicted octanol–water partition coefficient (Wildman–Crippen LogP) is 24.5. The van der Waals surface area contributed by atoms with Crippen molar-refractivity contribution in [2.75, 3.05) is 120 Å². The van der Waals surface area contributed by atoms with Gasteiger partial charge in [0.2, 0.25) is 0 Å². The van der Waals surface area contributed by atoms with E-state index < -0.39 is 12.2 Å². The fraction of sp³-hybridized carbons (Fsp3) is 0.976. The molecule has 0 rings (SSSR count). The second-order valence-electron chi connectivity index (χ2n) is 26.4. The predicted molar refractivity (Wildman–Crippen MR) is 415 cm³/mol. The van der Waals surface area contributed by atoms with Crippen LogP contribution in [-0.2, 0) is 47.4 Å². The Morgan fingerprint density at radius 1 is 0.260 bits per heavy atom. The fourth-order valence-electron chi connectivity index (χ4n) is 10.6. The van der Waals surface area contributed by atoms with Crippen molar-refractivity contribution in [3.8, 4) is 0 Å². The first kappa shape index (κ1) is 105. The van der Waals surface area contributed by atoms with Crippen molar-refractivity contribution in [2.24, 2.45) is 0 Å². The van der Waals surface area contributed by atoms with Gasteiger partial charge in [-0.2, -0.15) is 0 Å². The van der Waals surface area contributed by atoms with Crippen molar-refractivity contribution in [3.05, 3.63) is 0 Å². The summed E-state index contributed by atoms with van der Waals surface area (Å²) in [6, 6.07) is 0. The molecule has 584 valence electrons. The minimum Gasteiger partial charge on any atom is -0.447 e. The zero-order chi connectivity index (χ0) is 69.5. The van der Waals surface area contributed by atoms with E-state index in [0.717, 1.165) is 38.9 Å². The van der Waals surface area contributed by atoms with Gasteiger partial charge in [0.05, 0.1) is 59.0 Å². The van der Waals surface area contributed by atoms with Crippen LogP contribution in [0, 0.1) is 0 Å². The Balaban J connectivity index is -0.000000382. The molecule has 0 aromatic carbocycles. The van der Waals surface area contributed by atoms with Gasteiger partial charge in [0.25, 0.3) is 0 Å². The summed E-state index contributed by atoms with van der Waals surface area (Å²) in [6.07, 6.45) is 65.0. The summed E-state index contributed by atoms with van der Waals surface area (Å²) in [5.74, 6) is 0. The molecule has 0 saturated heterocycles. The summed E-state index contributed by atoms with van der Waals surface area (Å²) in [6.45, 7) is 25.5. The molecule has 1 unspecified atom stereocenters. The molecule has 2 atom stereocenters. The van der Waals surface area contributed by atoms with Crippen molar-refractivity contribution < 1.29 is 57.0 Å². The molecule has 0 heterocycles. The van der Waals surface area contributed by atoms with Crippen molar-refractivity contribution in [2.45, 2.75) is 403 Å². The second kappa shape index (κ2) is 102. The number of alkyl carbamates (subject to hydrolysis) is 2. The van der Waals surface area contributed by atoms with E-state index in [1.807, 2.05) is 0 Å². The highest BCUT2D eigenvalue weighted by Crippen LogP contribution is 2.17. The van der Waals surface area contributed by atoms with Crippen molar-refractivity contribution in [1.82, 2.24) is 10.6 Å². The lowest BCUT2D eigenvalue weighted by Crippen LogP contribution is -2.37. The van der Waals surface area contributed by atoms with Crippen LogP contribution < -0.4 is 10.6 Å². The van der Waals surface area contributed by atoms with E-state index in [1.54, 1.807) is 14.2 Å². The minimum absolute atomic E-state index is 0. The average Bonchev–Trinajstić information content (AvgIpc) is 3.77. The van der Waals surface area contributed by atoms with Crippen LogP contribution in [0.15, 0.2) is 0 Å². The number of carbonyl (C=O) groups is 2. The summed E-state index contributed by atoms with van der Waals surface area (Å²) >= 11 is 0. The van der Waals surface area contributed by atoms with Crippen LogP contribution in [0.3, 0.4) is 0 Å². The van der Waals surface area contributed by atoms with Gasteiger partial charge in [-0.3, -0.25) is 0 Å². The second-order valence-corrected chi connectivity index (χ2v) is 26.4. The van der Waals surface area contributed by atoms with E-state index >= 15 is 0 Å². The first-order chi connectivity index (χ1) is 46.3. The zero-order valence-corrected chi connectivity index (χ0v) is 64.7. The van der Waals surface area contributed by atoms with Gasteiger partial charge in [0.15, 0.2) is 0 Å². The molecule has 0 radical (unpaired) electrons. The molecule has 0 saturated carbocycles. The molecule has 14 heteroatoms. The fourth-order valence-corrected chi connectivity index (χ4v) is 10.6. The summed E-state index contributed by atoms with van der Waals surface area (Å²) in [7, 11) is 3.27.